The molecule has 0 spiro atoms. The molecule has 3 aromatic carbocycles. The molecule has 0 aromatic heterocycles. The van der Waals surface area contributed by atoms with Crippen LogP contribution in [0.15, 0.2) is 91.0 Å². The van der Waals surface area contributed by atoms with Crippen LogP contribution in [0.2, 0.25) is 23.5 Å². The first kappa shape index (κ1) is 19.7. The van der Waals surface area contributed by atoms with Crippen LogP contribution < -0.4 is 9.65 Å². The first-order chi connectivity index (χ1) is 13.6. The van der Waals surface area contributed by atoms with Crippen LogP contribution in [-0.2, 0) is 4.74 Å². The van der Waals surface area contributed by atoms with Crippen LogP contribution in [0.25, 0.3) is 0 Å². The summed E-state index contributed by atoms with van der Waals surface area (Å²) in [5, 5.41) is 1.54. The molecule has 1 nitrogen and oxygen atoms in total. The van der Waals surface area contributed by atoms with Crippen LogP contribution >= 0.6 is 0 Å². The van der Waals surface area contributed by atoms with E-state index in [9.17, 15) is 0 Å². The van der Waals surface area contributed by atoms with Gasteiger partial charge in [0.25, 0.3) is 0 Å². The minimum absolute atomic E-state index is 0.192. The van der Waals surface area contributed by atoms with Gasteiger partial charge in [-0.15, -0.1) is 0 Å². The molecule has 3 aromatic rings. The molecule has 1 aliphatic rings. The second-order valence-corrected chi connectivity index (χ2v) is 15.5. The van der Waals surface area contributed by atoms with Crippen molar-refractivity contribution in [3.05, 3.63) is 96.6 Å². The van der Waals surface area contributed by atoms with Gasteiger partial charge in [-0.2, -0.15) is 0 Å². The number of ether oxygens (including phenoxy) is 1. The zero-order valence-corrected chi connectivity index (χ0v) is 19.5. The summed E-state index contributed by atoms with van der Waals surface area (Å²) < 4.78 is 8.18. The van der Waals surface area contributed by atoms with Gasteiger partial charge in [-0.05, 0) is 0 Å². The fourth-order valence-electron chi connectivity index (χ4n) is 4.61. The van der Waals surface area contributed by atoms with Gasteiger partial charge in [0.2, 0.25) is 0 Å². The maximum absolute atomic E-state index is 6.70. The molecule has 144 valence electrons. The Morgan fingerprint density at radius 1 is 0.750 bits per heavy atom. The van der Waals surface area contributed by atoms with E-state index in [0.29, 0.717) is 25.3 Å². The van der Waals surface area contributed by atoms with E-state index < -0.39 is 8.07 Å². The summed E-state index contributed by atoms with van der Waals surface area (Å²) in [5.41, 5.74) is 1.93. The zero-order chi connectivity index (χ0) is 19.6. The van der Waals surface area contributed by atoms with Gasteiger partial charge < -0.3 is 0 Å². The Hall–Kier alpha value is -1.64. The molecule has 4 rings (SSSR count). The fraction of sp³-hybridized carbons (Fsp3) is 0.280. The van der Waals surface area contributed by atoms with E-state index in [1.807, 2.05) is 0 Å². The molecule has 1 heterocycles. The van der Waals surface area contributed by atoms with Crippen LogP contribution in [-0.4, -0.2) is 29.1 Å². The average molecular weight is 452 g/mol. The Kier molecular flexibility index (Phi) is 5.89. The summed E-state index contributed by atoms with van der Waals surface area (Å²) >= 11 is 0.371. The van der Waals surface area contributed by atoms with E-state index >= 15 is 0 Å². The van der Waals surface area contributed by atoms with Gasteiger partial charge in [0.15, 0.2) is 0 Å². The Balaban J connectivity index is 1.74. The molecule has 0 unspecified atom stereocenters. The van der Waals surface area contributed by atoms with Crippen molar-refractivity contribution in [2.45, 2.75) is 42.6 Å². The first-order valence-electron chi connectivity index (χ1n) is 10.0. The Labute approximate surface area is 176 Å². The van der Waals surface area contributed by atoms with Crippen molar-refractivity contribution < 1.29 is 4.74 Å². The summed E-state index contributed by atoms with van der Waals surface area (Å²) in [4.78, 5) is 0.550. The first-order valence-corrected chi connectivity index (χ1v) is 15.0. The second-order valence-electron chi connectivity index (χ2n) is 8.18. The van der Waals surface area contributed by atoms with Crippen LogP contribution in [0.5, 0.6) is 0 Å². The molecule has 3 heteroatoms. The summed E-state index contributed by atoms with van der Waals surface area (Å²) in [6, 6.07) is 33.1. The molecule has 28 heavy (non-hydrogen) atoms. The minimum atomic E-state index is -1.71. The molecule has 1 saturated heterocycles. The van der Waals surface area contributed by atoms with Gasteiger partial charge in [0.1, 0.15) is 0 Å². The van der Waals surface area contributed by atoms with Crippen molar-refractivity contribution in [3.63, 3.8) is 0 Å². The van der Waals surface area contributed by atoms with E-state index in [2.05, 4.69) is 111 Å². The average Bonchev–Trinajstić information content (AvgIpc) is 3.06. The summed E-state index contributed by atoms with van der Waals surface area (Å²) in [6.45, 7) is 7.38. The Morgan fingerprint density at radius 3 is 1.89 bits per heavy atom. The monoisotopic (exact) mass is 452 g/mol. The molecule has 0 saturated carbocycles. The van der Waals surface area contributed by atoms with Crippen molar-refractivity contribution in [2.24, 2.45) is 0 Å². The zero-order valence-electron chi connectivity index (χ0n) is 16.8. The molecule has 0 aliphatic carbocycles. The topological polar surface area (TPSA) is 9.23 Å². The van der Waals surface area contributed by atoms with Crippen molar-refractivity contribution in [2.75, 3.05) is 0 Å². The van der Waals surface area contributed by atoms with Crippen LogP contribution in [0.4, 0.5) is 0 Å². The molecular formula is C25H28OSeSi. The van der Waals surface area contributed by atoms with E-state index in [4.69, 9.17) is 4.74 Å². The van der Waals surface area contributed by atoms with Crippen molar-refractivity contribution >= 4 is 32.7 Å². The molecule has 0 N–H and O–H groups in total. The summed E-state index contributed by atoms with van der Waals surface area (Å²) in [7, 11) is -1.71. The quantitative estimate of drug-likeness (QED) is 0.499. The predicted octanol–water partition coefficient (Wildman–Crippen LogP) is 4.95. The van der Waals surface area contributed by atoms with Crippen molar-refractivity contribution in [1.29, 1.82) is 0 Å². The third-order valence-electron chi connectivity index (χ3n) is 6.01. The van der Waals surface area contributed by atoms with Gasteiger partial charge in [0.05, 0.1) is 0 Å². The molecular weight excluding hydrogens is 423 g/mol. The van der Waals surface area contributed by atoms with Crippen LogP contribution in [0.3, 0.4) is 0 Å². The van der Waals surface area contributed by atoms with Gasteiger partial charge in [-0.25, -0.2) is 0 Å². The third kappa shape index (κ3) is 3.90. The number of benzene rings is 3. The van der Waals surface area contributed by atoms with Crippen LogP contribution in [0, 0.1) is 0 Å². The van der Waals surface area contributed by atoms with Crippen molar-refractivity contribution in [3.8, 4) is 0 Å². The second kappa shape index (κ2) is 8.38. The molecule has 0 amide bonds. The van der Waals surface area contributed by atoms with Crippen molar-refractivity contribution in [1.82, 2.24) is 0 Å². The normalized spacial score (nSPS) is 25.0. The summed E-state index contributed by atoms with van der Waals surface area (Å²) in [6.07, 6.45) is 0.472. The van der Waals surface area contributed by atoms with E-state index in [0.717, 1.165) is 0 Å². The van der Waals surface area contributed by atoms with Gasteiger partial charge >= 0.3 is 177 Å². The number of hydrogen-bond donors (Lipinski definition) is 0. The maximum atomic E-state index is 6.70. The van der Waals surface area contributed by atoms with Gasteiger partial charge in [-0.3, -0.25) is 0 Å². The molecule has 4 atom stereocenters. The SMILES string of the molecule is C[C@H]1O[C@@H](c2ccccc2)[C@H]([Se]c2ccccc2)[C@H]1[Si](C)(C)c1ccccc1. The Bertz CT molecular complexity index is 882. The molecule has 0 radical (unpaired) electrons. The molecule has 1 fully saturated rings. The third-order valence-corrected chi connectivity index (χ3v) is 13.7. The number of rotatable bonds is 5. The van der Waals surface area contributed by atoms with Gasteiger partial charge in [0, 0.05) is 0 Å². The predicted molar refractivity (Wildman–Crippen MR) is 123 cm³/mol. The van der Waals surface area contributed by atoms with Crippen LogP contribution in [0.1, 0.15) is 18.6 Å². The van der Waals surface area contributed by atoms with E-state index in [1.54, 1.807) is 0 Å². The summed E-state index contributed by atoms with van der Waals surface area (Å²) in [5.74, 6) is 0. The number of hydrogen-bond acceptors (Lipinski definition) is 1. The van der Waals surface area contributed by atoms with E-state index in [-0.39, 0.29) is 12.2 Å². The molecule has 0 bridgehead atoms. The van der Waals surface area contributed by atoms with Gasteiger partial charge in [-0.1, -0.05) is 0 Å². The standard InChI is InChI=1S/C25H28OSeSi/c1-19-25(28(2,3)22-17-11-6-12-18-22)24(27-21-15-9-5-10-16-21)23(26-19)20-13-7-4-8-14-20/h4-19,23-25H,1-3H3/t19-,23+,24+,25+/m1/s1. The molecule has 1 aliphatic heterocycles. The van der Waals surface area contributed by atoms with E-state index in [1.165, 1.54) is 15.2 Å². The fourth-order valence-corrected chi connectivity index (χ4v) is 13.6. The Morgan fingerprint density at radius 2 is 1.29 bits per heavy atom.